The molecular formula is C20H34N4O2. The van der Waals surface area contributed by atoms with Crippen LogP contribution in [0.3, 0.4) is 0 Å². The van der Waals surface area contributed by atoms with Crippen molar-refractivity contribution in [2.45, 2.75) is 52.7 Å². The first-order chi connectivity index (χ1) is 12.5. The number of aromatic nitrogens is 2. The van der Waals surface area contributed by atoms with Crippen LogP contribution in [0.25, 0.3) is 0 Å². The molecule has 0 aliphatic carbocycles. The predicted molar refractivity (Wildman–Crippen MR) is 104 cm³/mol. The van der Waals surface area contributed by atoms with Crippen molar-refractivity contribution in [3.05, 3.63) is 12.4 Å². The third kappa shape index (κ3) is 5.55. The minimum Gasteiger partial charge on any atom is -0.476 e. The van der Waals surface area contributed by atoms with Gasteiger partial charge in [-0.2, -0.15) is 4.98 Å². The van der Waals surface area contributed by atoms with Crippen molar-refractivity contribution in [1.82, 2.24) is 14.9 Å². The number of rotatable bonds is 6. The van der Waals surface area contributed by atoms with E-state index in [9.17, 15) is 0 Å². The van der Waals surface area contributed by atoms with Crippen LogP contribution in [0.4, 0.5) is 5.82 Å². The van der Waals surface area contributed by atoms with E-state index >= 15 is 0 Å². The number of nitrogens with zero attached hydrogens (tertiary/aromatic N) is 4. The van der Waals surface area contributed by atoms with Crippen molar-refractivity contribution in [3.63, 3.8) is 0 Å². The van der Waals surface area contributed by atoms with Crippen molar-refractivity contribution in [2.75, 3.05) is 44.2 Å². The highest BCUT2D eigenvalue weighted by Crippen LogP contribution is 2.24. The van der Waals surface area contributed by atoms with Gasteiger partial charge in [0.1, 0.15) is 0 Å². The van der Waals surface area contributed by atoms with E-state index in [4.69, 9.17) is 9.47 Å². The Morgan fingerprint density at radius 1 is 1.15 bits per heavy atom. The van der Waals surface area contributed by atoms with Gasteiger partial charge in [-0.3, -0.25) is 9.88 Å². The monoisotopic (exact) mass is 362 g/mol. The molecule has 2 unspecified atom stereocenters. The Balaban J connectivity index is 1.48. The minimum atomic E-state index is 0.350. The Morgan fingerprint density at radius 2 is 1.85 bits per heavy atom. The van der Waals surface area contributed by atoms with Gasteiger partial charge in [0, 0.05) is 32.7 Å². The highest BCUT2D eigenvalue weighted by atomic mass is 16.5. The SMILES string of the molecule is CC(C)COc1cncc(N2CCC(CN3CC(C)OC(C)C3)CC2)n1. The standard InChI is InChI=1S/C20H34N4O2/c1-15(2)14-25-20-10-21-9-19(22-20)24-7-5-18(6-8-24)13-23-11-16(3)26-17(4)12-23/h9-10,15-18H,5-8,11-14H2,1-4H3. The summed E-state index contributed by atoms with van der Waals surface area (Å²) in [5.74, 6) is 2.83. The Kier molecular flexibility index (Phi) is 6.70. The number of piperidine rings is 1. The highest BCUT2D eigenvalue weighted by Gasteiger charge is 2.27. The fourth-order valence-corrected chi connectivity index (χ4v) is 3.96. The first-order valence-electron chi connectivity index (χ1n) is 10.1. The Hall–Kier alpha value is -1.40. The lowest BCUT2D eigenvalue weighted by atomic mass is 9.95. The molecule has 2 atom stereocenters. The molecule has 0 saturated carbocycles. The molecule has 6 heteroatoms. The van der Waals surface area contributed by atoms with E-state index in [2.05, 4.69) is 47.5 Å². The fourth-order valence-electron chi connectivity index (χ4n) is 3.96. The number of anilines is 1. The summed E-state index contributed by atoms with van der Waals surface area (Å²) < 4.78 is 11.6. The molecule has 0 spiro atoms. The van der Waals surface area contributed by atoms with Crippen molar-refractivity contribution in [1.29, 1.82) is 0 Å². The van der Waals surface area contributed by atoms with Gasteiger partial charge in [-0.1, -0.05) is 13.8 Å². The average Bonchev–Trinajstić information content (AvgIpc) is 2.60. The summed E-state index contributed by atoms with van der Waals surface area (Å²) in [5.41, 5.74) is 0. The van der Waals surface area contributed by atoms with E-state index < -0.39 is 0 Å². The molecule has 2 aliphatic rings. The molecule has 3 heterocycles. The molecule has 6 nitrogen and oxygen atoms in total. The van der Waals surface area contributed by atoms with Crippen molar-refractivity contribution in [3.8, 4) is 5.88 Å². The van der Waals surface area contributed by atoms with Gasteiger partial charge in [-0.25, -0.2) is 0 Å². The molecule has 2 saturated heterocycles. The summed E-state index contributed by atoms with van der Waals surface area (Å²) in [6.07, 6.45) is 6.68. The maximum absolute atomic E-state index is 5.85. The quantitative estimate of drug-likeness (QED) is 0.776. The molecule has 2 fully saturated rings. The third-order valence-corrected chi connectivity index (χ3v) is 5.11. The summed E-state index contributed by atoms with van der Waals surface area (Å²) in [5, 5.41) is 0. The number of morpholine rings is 1. The van der Waals surface area contributed by atoms with Crippen LogP contribution in [-0.2, 0) is 4.74 Å². The Morgan fingerprint density at radius 3 is 2.50 bits per heavy atom. The van der Waals surface area contributed by atoms with Gasteiger partial charge in [0.15, 0.2) is 5.82 Å². The largest absolute Gasteiger partial charge is 0.476 e. The van der Waals surface area contributed by atoms with E-state index in [0.29, 0.717) is 30.6 Å². The van der Waals surface area contributed by atoms with Gasteiger partial charge >= 0.3 is 0 Å². The lowest BCUT2D eigenvalue weighted by Crippen LogP contribution is -2.48. The smallest absolute Gasteiger partial charge is 0.234 e. The van der Waals surface area contributed by atoms with Crippen LogP contribution in [0.1, 0.15) is 40.5 Å². The number of hydrogen-bond acceptors (Lipinski definition) is 6. The second-order valence-electron chi connectivity index (χ2n) is 8.33. The third-order valence-electron chi connectivity index (χ3n) is 5.11. The summed E-state index contributed by atoms with van der Waals surface area (Å²) in [7, 11) is 0. The van der Waals surface area contributed by atoms with Crippen molar-refractivity contribution >= 4 is 5.82 Å². The maximum atomic E-state index is 5.85. The molecule has 0 amide bonds. The molecule has 0 aromatic carbocycles. The van der Waals surface area contributed by atoms with Crippen LogP contribution in [-0.4, -0.2) is 66.4 Å². The average molecular weight is 363 g/mol. The van der Waals surface area contributed by atoms with Gasteiger partial charge in [0.25, 0.3) is 0 Å². The van der Waals surface area contributed by atoms with Gasteiger partial charge in [0.2, 0.25) is 5.88 Å². The zero-order valence-corrected chi connectivity index (χ0v) is 16.7. The summed E-state index contributed by atoms with van der Waals surface area (Å²) in [4.78, 5) is 13.9. The maximum Gasteiger partial charge on any atom is 0.234 e. The minimum absolute atomic E-state index is 0.350. The van der Waals surface area contributed by atoms with Crippen LogP contribution in [0.15, 0.2) is 12.4 Å². The zero-order chi connectivity index (χ0) is 18.5. The van der Waals surface area contributed by atoms with E-state index in [-0.39, 0.29) is 0 Å². The van der Waals surface area contributed by atoms with Crippen LogP contribution >= 0.6 is 0 Å². The van der Waals surface area contributed by atoms with Crippen molar-refractivity contribution in [2.24, 2.45) is 11.8 Å². The van der Waals surface area contributed by atoms with E-state index in [1.165, 1.54) is 19.4 Å². The molecule has 26 heavy (non-hydrogen) atoms. The Bertz CT molecular complexity index is 550. The first kappa shape index (κ1) is 19.4. The molecule has 0 bridgehead atoms. The molecule has 1 aromatic heterocycles. The van der Waals surface area contributed by atoms with Crippen LogP contribution in [0.5, 0.6) is 5.88 Å². The van der Waals surface area contributed by atoms with E-state index in [1.54, 1.807) is 6.20 Å². The van der Waals surface area contributed by atoms with Crippen LogP contribution in [0.2, 0.25) is 0 Å². The van der Waals surface area contributed by atoms with Crippen LogP contribution < -0.4 is 9.64 Å². The second-order valence-corrected chi connectivity index (χ2v) is 8.33. The zero-order valence-electron chi connectivity index (χ0n) is 16.7. The predicted octanol–water partition coefficient (Wildman–Crippen LogP) is 2.84. The second kappa shape index (κ2) is 9.00. The van der Waals surface area contributed by atoms with E-state index in [1.807, 2.05) is 6.20 Å². The fraction of sp³-hybridized carbons (Fsp3) is 0.800. The molecule has 2 aliphatic heterocycles. The van der Waals surface area contributed by atoms with Crippen molar-refractivity contribution < 1.29 is 9.47 Å². The summed E-state index contributed by atoms with van der Waals surface area (Å²) in [6, 6.07) is 0. The Labute approximate surface area is 157 Å². The van der Waals surface area contributed by atoms with E-state index in [0.717, 1.165) is 37.9 Å². The molecule has 146 valence electrons. The molecule has 3 rings (SSSR count). The topological polar surface area (TPSA) is 50.7 Å². The lowest BCUT2D eigenvalue weighted by Gasteiger charge is -2.39. The van der Waals surface area contributed by atoms with Crippen LogP contribution in [0, 0.1) is 11.8 Å². The summed E-state index contributed by atoms with van der Waals surface area (Å²) >= 11 is 0. The molecule has 1 aromatic rings. The highest BCUT2D eigenvalue weighted by molar-refractivity contribution is 5.38. The van der Waals surface area contributed by atoms with Gasteiger partial charge < -0.3 is 14.4 Å². The molecule has 0 radical (unpaired) electrons. The number of hydrogen-bond donors (Lipinski definition) is 0. The van der Waals surface area contributed by atoms with Gasteiger partial charge in [0.05, 0.1) is 31.2 Å². The van der Waals surface area contributed by atoms with Gasteiger partial charge in [-0.15, -0.1) is 0 Å². The van der Waals surface area contributed by atoms with Gasteiger partial charge in [-0.05, 0) is 38.5 Å². The normalized spacial score (nSPS) is 25.7. The molecule has 0 N–H and O–H groups in total. The lowest BCUT2D eigenvalue weighted by molar-refractivity contribution is -0.0720. The first-order valence-corrected chi connectivity index (χ1v) is 10.1. The summed E-state index contributed by atoms with van der Waals surface area (Å²) in [6.45, 7) is 14.7. The molecular weight excluding hydrogens is 328 g/mol. The number of ether oxygens (including phenoxy) is 2.